The normalized spacial score (nSPS) is 12.4. The van der Waals surface area contributed by atoms with E-state index in [1.165, 1.54) is 6.07 Å². The molecule has 2 aromatic carbocycles. The van der Waals surface area contributed by atoms with Gasteiger partial charge in [0.2, 0.25) is 0 Å². The summed E-state index contributed by atoms with van der Waals surface area (Å²) in [5.74, 6) is -0.263. The molecule has 94 valence electrons. The minimum absolute atomic E-state index is 0.263. The smallest absolute Gasteiger partial charge is 0.126 e. The van der Waals surface area contributed by atoms with Gasteiger partial charge in [-0.3, -0.25) is 0 Å². The lowest BCUT2D eigenvalue weighted by Crippen LogP contribution is -1.99. The van der Waals surface area contributed by atoms with Gasteiger partial charge >= 0.3 is 0 Å². The van der Waals surface area contributed by atoms with Crippen LogP contribution in [0.4, 0.5) is 4.39 Å². The summed E-state index contributed by atoms with van der Waals surface area (Å²) in [7, 11) is 0. The van der Waals surface area contributed by atoms with E-state index < -0.39 is 5.38 Å². The molecule has 0 aliphatic heterocycles. The van der Waals surface area contributed by atoms with Gasteiger partial charge in [0.05, 0.1) is 15.4 Å². The summed E-state index contributed by atoms with van der Waals surface area (Å²) in [6, 6.07) is 11.8. The van der Waals surface area contributed by atoms with Crippen LogP contribution in [0.15, 0.2) is 42.5 Å². The van der Waals surface area contributed by atoms with Gasteiger partial charge in [0.25, 0.3) is 0 Å². The summed E-state index contributed by atoms with van der Waals surface area (Å²) >= 11 is 18.3. The van der Waals surface area contributed by atoms with Crippen LogP contribution in [0.2, 0.25) is 10.0 Å². The third kappa shape index (κ3) is 2.97. The second kappa shape index (κ2) is 5.92. The molecular weight excluding hydrogens is 294 g/mol. The molecule has 0 aromatic heterocycles. The van der Waals surface area contributed by atoms with Crippen LogP contribution in [0.25, 0.3) is 0 Å². The van der Waals surface area contributed by atoms with Crippen molar-refractivity contribution in [1.29, 1.82) is 0 Å². The second-order valence-corrected chi connectivity index (χ2v) is 5.22. The zero-order valence-electron chi connectivity index (χ0n) is 9.34. The van der Waals surface area contributed by atoms with Gasteiger partial charge in [0, 0.05) is 0 Å². The molecule has 0 aliphatic rings. The number of rotatable bonds is 3. The van der Waals surface area contributed by atoms with E-state index in [-0.39, 0.29) is 5.82 Å². The lowest BCUT2D eigenvalue weighted by molar-refractivity contribution is 0.607. The zero-order chi connectivity index (χ0) is 13.1. The van der Waals surface area contributed by atoms with Crippen molar-refractivity contribution in [2.24, 2.45) is 0 Å². The lowest BCUT2D eigenvalue weighted by atomic mass is 10.0. The van der Waals surface area contributed by atoms with Crippen molar-refractivity contribution in [2.75, 3.05) is 0 Å². The maximum absolute atomic E-state index is 13.5. The van der Waals surface area contributed by atoms with E-state index in [1.54, 1.807) is 36.4 Å². The van der Waals surface area contributed by atoms with E-state index in [4.69, 9.17) is 34.8 Å². The number of hydrogen-bond acceptors (Lipinski definition) is 0. The highest BCUT2D eigenvalue weighted by atomic mass is 35.5. The molecule has 0 radical (unpaired) electrons. The van der Waals surface area contributed by atoms with Crippen molar-refractivity contribution in [3.63, 3.8) is 0 Å². The fraction of sp³-hybridized carbons (Fsp3) is 0.143. The Morgan fingerprint density at radius 3 is 2.44 bits per heavy atom. The molecule has 18 heavy (non-hydrogen) atoms. The van der Waals surface area contributed by atoms with Crippen LogP contribution in [0, 0.1) is 5.82 Å². The molecule has 1 unspecified atom stereocenters. The Morgan fingerprint density at radius 2 is 1.72 bits per heavy atom. The molecule has 2 aromatic rings. The maximum atomic E-state index is 13.5. The van der Waals surface area contributed by atoms with E-state index in [2.05, 4.69) is 0 Å². The largest absolute Gasteiger partial charge is 0.207 e. The predicted molar refractivity (Wildman–Crippen MR) is 75.2 cm³/mol. The average Bonchev–Trinajstić information content (AvgIpc) is 2.35. The van der Waals surface area contributed by atoms with Crippen molar-refractivity contribution in [3.05, 3.63) is 69.5 Å². The Kier molecular flexibility index (Phi) is 4.50. The lowest BCUT2D eigenvalue weighted by Gasteiger charge is -2.13. The van der Waals surface area contributed by atoms with Crippen LogP contribution in [-0.2, 0) is 6.42 Å². The molecule has 0 nitrogen and oxygen atoms in total. The van der Waals surface area contributed by atoms with Gasteiger partial charge in [0.1, 0.15) is 5.82 Å². The van der Waals surface area contributed by atoms with Gasteiger partial charge in [-0.1, -0.05) is 53.5 Å². The summed E-state index contributed by atoms with van der Waals surface area (Å²) in [4.78, 5) is 0. The molecule has 0 fully saturated rings. The van der Waals surface area contributed by atoms with Crippen LogP contribution in [0.5, 0.6) is 0 Å². The van der Waals surface area contributed by atoms with E-state index in [0.717, 1.165) is 0 Å². The highest BCUT2D eigenvalue weighted by Crippen LogP contribution is 2.35. The number of hydrogen-bond donors (Lipinski definition) is 0. The molecule has 0 spiro atoms. The topological polar surface area (TPSA) is 0 Å². The minimum atomic E-state index is -0.409. The van der Waals surface area contributed by atoms with Crippen LogP contribution in [0.3, 0.4) is 0 Å². The summed E-state index contributed by atoms with van der Waals surface area (Å²) in [6.07, 6.45) is 0.369. The quantitative estimate of drug-likeness (QED) is 0.642. The molecule has 0 bridgehead atoms. The van der Waals surface area contributed by atoms with E-state index in [1.807, 2.05) is 0 Å². The monoisotopic (exact) mass is 302 g/mol. The Labute approximate surface area is 120 Å². The van der Waals surface area contributed by atoms with Crippen molar-refractivity contribution in [1.82, 2.24) is 0 Å². The highest BCUT2D eigenvalue weighted by Gasteiger charge is 2.15. The predicted octanol–water partition coefficient (Wildman–Crippen LogP) is 5.66. The number of halogens is 4. The second-order valence-electron chi connectivity index (χ2n) is 3.91. The first-order valence-electron chi connectivity index (χ1n) is 5.41. The fourth-order valence-electron chi connectivity index (χ4n) is 1.73. The van der Waals surface area contributed by atoms with Crippen LogP contribution in [0.1, 0.15) is 16.5 Å². The summed E-state index contributed by atoms with van der Waals surface area (Å²) in [6.45, 7) is 0. The van der Waals surface area contributed by atoms with Crippen molar-refractivity contribution < 1.29 is 4.39 Å². The molecule has 0 saturated heterocycles. The third-order valence-corrected chi connectivity index (χ3v) is 3.90. The molecule has 0 amide bonds. The summed E-state index contributed by atoms with van der Waals surface area (Å²) in [5.41, 5.74) is 1.28. The van der Waals surface area contributed by atoms with Crippen molar-refractivity contribution >= 4 is 34.8 Å². The van der Waals surface area contributed by atoms with Crippen molar-refractivity contribution in [3.8, 4) is 0 Å². The van der Waals surface area contributed by atoms with Crippen molar-refractivity contribution in [2.45, 2.75) is 11.8 Å². The summed E-state index contributed by atoms with van der Waals surface area (Å²) < 4.78 is 13.5. The van der Waals surface area contributed by atoms with Gasteiger partial charge in [-0.15, -0.1) is 11.6 Å². The molecule has 0 aliphatic carbocycles. The first-order chi connectivity index (χ1) is 8.59. The van der Waals surface area contributed by atoms with Gasteiger partial charge < -0.3 is 0 Å². The van der Waals surface area contributed by atoms with Gasteiger partial charge in [0.15, 0.2) is 0 Å². The highest BCUT2D eigenvalue weighted by molar-refractivity contribution is 6.43. The number of benzene rings is 2. The molecular formula is C14H10Cl3F. The molecule has 4 heteroatoms. The maximum Gasteiger partial charge on any atom is 0.126 e. The first kappa shape index (κ1) is 13.7. The van der Waals surface area contributed by atoms with E-state index >= 15 is 0 Å². The van der Waals surface area contributed by atoms with E-state index in [9.17, 15) is 4.39 Å². The molecule has 0 heterocycles. The Balaban J connectivity index is 2.25. The van der Waals surface area contributed by atoms with E-state index in [0.29, 0.717) is 27.6 Å². The standard InChI is InChI=1S/C14H10Cl3F/c15-11-6-3-5-10(14(11)17)12(16)8-9-4-1-2-7-13(9)18/h1-7,12H,8H2. The zero-order valence-corrected chi connectivity index (χ0v) is 11.6. The van der Waals surface area contributed by atoms with Gasteiger partial charge in [-0.25, -0.2) is 4.39 Å². The molecule has 0 saturated carbocycles. The van der Waals surface area contributed by atoms with Crippen LogP contribution < -0.4 is 0 Å². The first-order valence-corrected chi connectivity index (χ1v) is 6.60. The molecule has 2 rings (SSSR count). The Hall–Kier alpha value is -0.760. The van der Waals surface area contributed by atoms with Crippen LogP contribution >= 0.6 is 34.8 Å². The average molecular weight is 304 g/mol. The molecule has 1 atom stereocenters. The SMILES string of the molecule is Fc1ccccc1CC(Cl)c1cccc(Cl)c1Cl. The Bertz CT molecular complexity index is 554. The fourth-order valence-corrected chi connectivity index (χ4v) is 2.57. The Morgan fingerprint density at radius 1 is 1.00 bits per heavy atom. The van der Waals surface area contributed by atoms with Gasteiger partial charge in [-0.05, 0) is 29.7 Å². The third-order valence-electron chi connectivity index (χ3n) is 2.68. The number of alkyl halides is 1. The van der Waals surface area contributed by atoms with Crippen LogP contribution in [-0.4, -0.2) is 0 Å². The minimum Gasteiger partial charge on any atom is -0.207 e. The summed E-state index contributed by atoms with van der Waals surface area (Å²) in [5, 5.41) is 0.469. The van der Waals surface area contributed by atoms with Gasteiger partial charge in [-0.2, -0.15) is 0 Å². The molecule has 0 N–H and O–H groups in total.